The SMILES string of the molecule is N/C(=N\O)c1c(F)cccc1OCc1ccc(Cl)c(Cl)c1. The van der Waals surface area contributed by atoms with Crippen molar-refractivity contribution < 1.29 is 14.3 Å². The van der Waals surface area contributed by atoms with Gasteiger partial charge in [0.1, 0.15) is 18.2 Å². The summed E-state index contributed by atoms with van der Waals surface area (Å²) in [4.78, 5) is 0. The summed E-state index contributed by atoms with van der Waals surface area (Å²) < 4.78 is 19.2. The molecule has 0 bridgehead atoms. The van der Waals surface area contributed by atoms with Crippen molar-refractivity contribution in [2.24, 2.45) is 10.9 Å². The lowest BCUT2D eigenvalue weighted by molar-refractivity contribution is 0.301. The molecule has 0 saturated carbocycles. The van der Waals surface area contributed by atoms with Crippen LogP contribution in [0.25, 0.3) is 0 Å². The molecule has 0 fully saturated rings. The van der Waals surface area contributed by atoms with Crippen molar-refractivity contribution in [3.8, 4) is 5.75 Å². The number of nitrogens with zero attached hydrogens (tertiary/aromatic N) is 1. The largest absolute Gasteiger partial charge is 0.488 e. The second-order valence-corrected chi connectivity index (χ2v) is 4.95. The first kappa shape index (κ1) is 15.4. The standard InChI is InChI=1S/C14H11Cl2FN2O2/c15-9-5-4-8(6-10(9)16)7-21-12-3-1-2-11(17)13(12)14(18)19-20/h1-6,20H,7H2,(H2,18,19). The number of benzene rings is 2. The molecule has 2 rings (SSSR count). The summed E-state index contributed by atoms with van der Waals surface area (Å²) in [5, 5.41) is 12.3. The minimum Gasteiger partial charge on any atom is -0.488 e. The normalized spacial score (nSPS) is 11.5. The van der Waals surface area contributed by atoms with Gasteiger partial charge >= 0.3 is 0 Å². The predicted octanol–water partition coefficient (Wildman–Crippen LogP) is 3.81. The van der Waals surface area contributed by atoms with Gasteiger partial charge in [-0.1, -0.05) is 40.5 Å². The molecular weight excluding hydrogens is 318 g/mol. The zero-order chi connectivity index (χ0) is 15.4. The molecule has 0 atom stereocenters. The molecular formula is C14H11Cl2FN2O2. The lowest BCUT2D eigenvalue weighted by Crippen LogP contribution is -2.17. The van der Waals surface area contributed by atoms with Crippen molar-refractivity contribution in [2.75, 3.05) is 0 Å². The Morgan fingerprint density at radius 1 is 1.24 bits per heavy atom. The molecule has 0 unspecified atom stereocenters. The Morgan fingerprint density at radius 3 is 2.67 bits per heavy atom. The van der Waals surface area contributed by atoms with Crippen molar-refractivity contribution in [2.45, 2.75) is 6.61 Å². The van der Waals surface area contributed by atoms with Gasteiger partial charge in [-0.3, -0.25) is 0 Å². The van der Waals surface area contributed by atoms with Crippen LogP contribution in [-0.4, -0.2) is 11.0 Å². The number of hydrogen-bond acceptors (Lipinski definition) is 3. The molecule has 0 heterocycles. The number of amidine groups is 1. The van der Waals surface area contributed by atoms with E-state index < -0.39 is 5.82 Å². The maximum atomic E-state index is 13.7. The van der Waals surface area contributed by atoms with E-state index in [2.05, 4.69) is 5.16 Å². The third kappa shape index (κ3) is 3.56. The zero-order valence-electron chi connectivity index (χ0n) is 10.7. The summed E-state index contributed by atoms with van der Waals surface area (Å²) in [5.74, 6) is -0.842. The number of rotatable bonds is 4. The van der Waals surface area contributed by atoms with E-state index in [1.807, 2.05) is 0 Å². The number of ether oxygens (including phenoxy) is 1. The Labute approximate surface area is 130 Å². The molecule has 0 amide bonds. The van der Waals surface area contributed by atoms with E-state index in [0.717, 1.165) is 5.56 Å². The topological polar surface area (TPSA) is 67.8 Å². The average molecular weight is 329 g/mol. The highest BCUT2D eigenvalue weighted by molar-refractivity contribution is 6.42. The maximum absolute atomic E-state index is 13.7. The van der Waals surface area contributed by atoms with Gasteiger partial charge in [0, 0.05) is 0 Å². The first-order chi connectivity index (χ1) is 10.0. The lowest BCUT2D eigenvalue weighted by Gasteiger charge is -2.11. The van der Waals surface area contributed by atoms with Crippen LogP contribution < -0.4 is 10.5 Å². The third-order valence-electron chi connectivity index (χ3n) is 2.72. The molecule has 3 N–H and O–H groups in total. The lowest BCUT2D eigenvalue weighted by atomic mass is 10.1. The van der Waals surface area contributed by atoms with Gasteiger partial charge in [0.15, 0.2) is 5.84 Å². The Bertz CT molecular complexity index is 693. The van der Waals surface area contributed by atoms with Crippen LogP contribution in [0.2, 0.25) is 10.0 Å². The van der Waals surface area contributed by atoms with Gasteiger partial charge in [-0.05, 0) is 29.8 Å². The smallest absolute Gasteiger partial charge is 0.176 e. The van der Waals surface area contributed by atoms with E-state index in [0.29, 0.717) is 10.0 Å². The molecule has 21 heavy (non-hydrogen) atoms. The van der Waals surface area contributed by atoms with Gasteiger partial charge in [0.25, 0.3) is 0 Å². The van der Waals surface area contributed by atoms with Gasteiger partial charge in [-0.25, -0.2) is 4.39 Å². The summed E-state index contributed by atoms with van der Waals surface area (Å²) in [7, 11) is 0. The quantitative estimate of drug-likeness (QED) is 0.388. The fourth-order valence-electron chi connectivity index (χ4n) is 1.71. The van der Waals surface area contributed by atoms with E-state index in [4.69, 9.17) is 38.9 Å². The van der Waals surface area contributed by atoms with E-state index in [9.17, 15) is 4.39 Å². The third-order valence-corrected chi connectivity index (χ3v) is 3.46. The average Bonchev–Trinajstić information content (AvgIpc) is 2.48. The van der Waals surface area contributed by atoms with Crippen LogP contribution in [0.4, 0.5) is 4.39 Å². The van der Waals surface area contributed by atoms with E-state index in [-0.39, 0.29) is 23.8 Å². The minimum absolute atomic E-state index is 0.0972. The highest BCUT2D eigenvalue weighted by atomic mass is 35.5. The Balaban J connectivity index is 2.24. The van der Waals surface area contributed by atoms with Crippen molar-refractivity contribution in [3.05, 3.63) is 63.4 Å². The van der Waals surface area contributed by atoms with Crippen LogP contribution in [0.1, 0.15) is 11.1 Å². The highest BCUT2D eigenvalue weighted by Crippen LogP contribution is 2.25. The highest BCUT2D eigenvalue weighted by Gasteiger charge is 2.14. The summed E-state index contributed by atoms with van der Waals surface area (Å²) in [6.45, 7) is 0.131. The van der Waals surface area contributed by atoms with Gasteiger partial charge in [-0.2, -0.15) is 0 Å². The zero-order valence-corrected chi connectivity index (χ0v) is 12.2. The minimum atomic E-state index is -0.642. The van der Waals surface area contributed by atoms with Gasteiger partial charge < -0.3 is 15.7 Å². The molecule has 4 nitrogen and oxygen atoms in total. The molecule has 0 spiro atoms. The van der Waals surface area contributed by atoms with Crippen LogP contribution in [-0.2, 0) is 6.61 Å². The van der Waals surface area contributed by atoms with Gasteiger partial charge in [-0.15, -0.1) is 0 Å². The van der Waals surface area contributed by atoms with E-state index >= 15 is 0 Å². The molecule has 110 valence electrons. The van der Waals surface area contributed by atoms with Crippen molar-refractivity contribution in [3.63, 3.8) is 0 Å². The van der Waals surface area contributed by atoms with E-state index in [1.54, 1.807) is 18.2 Å². The fourth-order valence-corrected chi connectivity index (χ4v) is 2.03. The van der Waals surface area contributed by atoms with Crippen LogP contribution in [0.15, 0.2) is 41.6 Å². The van der Waals surface area contributed by atoms with Crippen molar-refractivity contribution in [1.82, 2.24) is 0 Å². The molecule has 7 heteroatoms. The summed E-state index contributed by atoms with van der Waals surface area (Å²) in [6.07, 6.45) is 0. The number of nitrogens with two attached hydrogens (primary N) is 1. The Kier molecular flexibility index (Phi) is 4.88. The van der Waals surface area contributed by atoms with Crippen LogP contribution in [0.3, 0.4) is 0 Å². The van der Waals surface area contributed by atoms with Crippen molar-refractivity contribution >= 4 is 29.0 Å². The summed E-state index contributed by atoms with van der Waals surface area (Å²) >= 11 is 11.7. The molecule has 0 radical (unpaired) electrons. The second kappa shape index (κ2) is 6.65. The fraction of sp³-hybridized carbons (Fsp3) is 0.0714. The monoisotopic (exact) mass is 328 g/mol. The van der Waals surface area contributed by atoms with Crippen LogP contribution in [0.5, 0.6) is 5.75 Å². The van der Waals surface area contributed by atoms with Gasteiger partial charge in [0.05, 0.1) is 15.6 Å². The maximum Gasteiger partial charge on any atom is 0.176 e. The summed E-state index contributed by atoms with van der Waals surface area (Å²) in [5.41, 5.74) is 6.10. The number of hydrogen-bond donors (Lipinski definition) is 2. The molecule has 2 aromatic rings. The van der Waals surface area contributed by atoms with Crippen LogP contribution in [0, 0.1) is 5.82 Å². The molecule has 2 aromatic carbocycles. The number of oxime groups is 1. The Hall–Kier alpha value is -1.98. The predicted molar refractivity (Wildman–Crippen MR) is 79.7 cm³/mol. The summed E-state index contributed by atoms with van der Waals surface area (Å²) in [6, 6.07) is 9.20. The molecule has 0 aliphatic carbocycles. The number of halogens is 3. The Morgan fingerprint density at radius 2 is 2.00 bits per heavy atom. The first-order valence-electron chi connectivity index (χ1n) is 5.86. The molecule has 0 aliphatic rings. The molecule has 0 aromatic heterocycles. The molecule has 0 aliphatic heterocycles. The first-order valence-corrected chi connectivity index (χ1v) is 6.61. The second-order valence-electron chi connectivity index (χ2n) is 4.14. The van der Waals surface area contributed by atoms with Gasteiger partial charge in [0.2, 0.25) is 0 Å². The van der Waals surface area contributed by atoms with E-state index in [1.165, 1.54) is 18.2 Å². The molecule has 0 saturated heterocycles. The van der Waals surface area contributed by atoms with Crippen LogP contribution >= 0.6 is 23.2 Å². The van der Waals surface area contributed by atoms with Crippen molar-refractivity contribution in [1.29, 1.82) is 0 Å².